The van der Waals surface area contributed by atoms with Gasteiger partial charge in [0.15, 0.2) is 0 Å². The number of carbonyl (C=O) groups excluding carboxylic acids is 1. The number of sulfonamides is 1. The molecule has 0 atom stereocenters. The molecule has 1 aromatic rings. The molecule has 0 spiro atoms. The molecule has 0 saturated heterocycles. The molecule has 106 valence electrons. The number of methoxy groups -OCH3 is 1. The predicted octanol–water partition coefficient (Wildman–Crippen LogP) is 0.171. The number of rotatable bonds is 6. The van der Waals surface area contributed by atoms with Gasteiger partial charge in [-0.2, -0.15) is 0 Å². The summed E-state index contributed by atoms with van der Waals surface area (Å²) in [6.45, 7) is 0.154. The minimum Gasteiger partial charge on any atom is -0.465 e. The van der Waals surface area contributed by atoms with Crippen LogP contribution in [0, 0.1) is 0 Å². The Morgan fingerprint density at radius 1 is 1.47 bits per heavy atom. The van der Waals surface area contributed by atoms with Crippen molar-refractivity contribution >= 4 is 21.8 Å². The molecule has 19 heavy (non-hydrogen) atoms. The smallest absolute Gasteiger partial charge is 0.341 e. The molecule has 0 aliphatic carbocycles. The van der Waals surface area contributed by atoms with Crippen molar-refractivity contribution in [2.45, 2.75) is 0 Å². The largest absolute Gasteiger partial charge is 0.465 e. The molecule has 0 radical (unpaired) electrons. The first-order valence-corrected chi connectivity index (χ1v) is 7.17. The zero-order valence-corrected chi connectivity index (χ0v) is 11.9. The number of esters is 1. The minimum absolute atomic E-state index is 0.0861. The average Bonchev–Trinajstić information content (AvgIpc) is 2.38. The maximum Gasteiger partial charge on any atom is 0.341 e. The van der Waals surface area contributed by atoms with Crippen LogP contribution in [0.4, 0.5) is 5.82 Å². The summed E-state index contributed by atoms with van der Waals surface area (Å²) in [6, 6.07) is 3.16. The van der Waals surface area contributed by atoms with Gasteiger partial charge in [0.2, 0.25) is 10.0 Å². The normalized spacial score (nSPS) is 11.4. The fraction of sp³-hybridized carbons (Fsp3) is 0.455. The molecule has 1 N–H and O–H groups in total. The number of pyridine rings is 1. The van der Waals surface area contributed by atoms with E-state index in [0.29, 0.717) is 5.82 Å². The number of ether oxygens (including phenoxy) is 1. The number of aromatic nitrogens is 1. The Bertz CT molecular complexity index is 543. The van der Waals surface area contributed by atoms with Crippen molar-refractivity contribution in [2.24, 2.45) is 0 Å². The SMILES string of the molecule is COC(=O)c1cccnc1NCCS(=O)(=O)N(C)C. The second-order valence-corrected chi connectivity index (χ2v) is 6.22. The van der Waals surface area contributed by atoms with Crippen LogP contribution in [0.3, 0.4) is 0 Å². The van der Waals surface area contributed by atoms with E-state index in [1.54, 1.807) is 12.1 Å². The van der Waals surface area contributed by atoms with Crippen LogP contribution in [0.5, 0.6) is 0 Å². The summed E-state index contributed by atoms with van der Waals surface area (Å²) >= 11 is 0. The van der Waals surface area contributed by atoms with Crippen molar-refractivity contribution in [2.75, 3.05) is 38.8 Å². The van der Waals surface area contributed by atoms with E-state index >= 15 is 0 Å². The van der Waals surface area contributed by atoms with Crippen molar-refractivity contribution in [1.29, 1.82) is 0 Å². The number of hydrogen-bond donors (Lipinski definition) is 1. The van der Waals surface area contributed by atoms with E-state index in [-0.39, 0.29) is 17.9 Å². The highest BCUT2D eigenvalue weighted by atomic mass is 32.2. The highest BCUT2D eigenvalue weighted by Gasteiger charge is 2.15. The molecule has 0 bridgehead atoms. The van der Waals surface area contributed by atoms with E-state index in [9.17, 15) is 13.2 Å². The Kier molecular flexibility index (Phi) is 5.25. The first-order valence-electron chi connectivity index (χ1n) is 5.56. The minimum atomic E-state index is -3.28. The second-order valence-electron chi connectivity index (χ2n) is 3.92. The Hall–Kier alpha value is -1.67. The van der Waals surface area contributed by atoms with Gasteiger partial charge in [0.25, 0.3) is 0 Å². The van der Waals surface area contributed by atoms with Gasteiger partial charge in [0, 0.05) is 26.8 Å². The van der Waals surface area contributed by atoms with Gasteiger partial charge < -0.3 is 10.1 Å². The molecule has 0 saturated carbocycles. The van der Waals surface area contributed by atoms with Gasteiger partial charge in [-0.25, -0.2) is 22.5 Å². The number of hydrogen-bond acceptors (Lipinski definition) is 6. The maximum atomic E-state index is 11.6. The molecule has 0 aliphatic heterocycles. The molecule has 0 fully saturated rings. The monoisotopic (exact) mass is 287 g/mol. The van der Waals surface area contributed by atoms with Crippen LogP contribution in [0.2, 0.25) is 0 Å². The van der Waals surface area contributed by atoms with E-state index < -0.39 is 16.0 Å². The van der Waals surface area contributed by atoms with Crippen LogP contribution in [-0.4, -0.2) is 57.2 Å². The van der Waals surface area contributed by atoms with Gasteiger partial charge in [0.05, 0.1) is 12.9 Å². The van der Waals surface area contributed by atoms with E-state index in [0.717, 1.165) is 4.31 Å². The van der Waals surface area contributed by atoms with Gasteiger partial charge in [-0.3, -0.25) is 0 Å². The van der Waals surface area contributed by atoms with Gasteiger partial charge >= 0.3 is 5.97 Å². The van der Waals surface area contributed by atoms with Crippen molar-refractivity contribution in [3.05, 3.63) is 23.9 Å². The second kappa shape index (κ2) is 6.48. The number of carbonyl (C=O) groups is 1. The summed E-state index contributed by atoms with van der Waals surface area (Å²) in [5.41, 5.74) is 0.271. The summed E-state index contributed by atoms with van der Waals surface area (Å²) in [4.78, 5) is 15.5. The molecule has 1 heterocycles. The lowest BCUT2D eigenvalue weighted by molar-refractivity contribution is 0.0601. The quantitative estimate of drug-likeness (QED) is 0.750. The van der Waals surface area contributed by atoms with E-state index in [2.05, 4.69) is 15.0 Å². The van der Waals surface area contributed by atoms with Crippen molar-refractivity contribution in [1.82, 2.24) is 9.29 Å². The molecule has 1 rings (SSSR count). The molecule has 0 aliphatic rings. The van der Waals surface area contributed by atoms with E-state index in [4.69, 9.17) is 0 Å². The Balaban J connectivity index is 2.72. The lowest BCUT2D eigenvalue weighted by atomic mass is 10.2. The molecule has 0 unspecified atom stereocenters. The first kappa shape index (κ1) is 15.4. The first-order chi connectivity index (χ1) is 8.88. The fourth-order valence-electron chi connectivity index (χ4n) is 1.30. The predicted molar refractivity (Wildman–Crippen MR) is 71.5 cm³/mol. The Morgan fingerprint density at radius 3 is 2.74 bits per heavy atom. The van der Waals surface area contributed by atoms with Crippen molar-refractivity contribution in [3.63, 3.8) is 0 Å². The third kappa shape index (κ3) is 4.18. The highest BCUT2D eigenvalue weighted by molar-refractivity contribution is 7.89. The molecule has 8 heteroatoms. The lowest BCUT2D eigenvalue weighted by Gasteiger charge is -2.13. The number of nitrogens with zero attached hydrogens (tertiary/aromatic N) is 2. The van der Waals surface area contributed by atoms with Gasteiger partial charge in [-0.15, -0.1) is 0 Å². The number of anilines is 1. The molecule has 0 aromatic carbocycles. The van der Waals surface area contributed by atoms with Crippen LogP contribution in [-0.2, 0) is 14.8 Å². The van der Waals surface area contributed by atoms with Crippen LogP contribution in [0.15, 0.2) is 18.3 Å². The highest BCUT2D eigenvalue weighted by Crippen LogP contribution is 2.12. The summed E-state index contributed by atoms with van der Waals surface area (Å²) in [5, 5.41) is 2.82. The summed E-state index contributed by atoms with van der Waals surface area (Å²) in [5.74, 6) is -0.300. The summed E-state index contributed by atoms with van der Waals surface area (Å²) in [6.07, 6.45) is 1.51. The van der Waals surface area contributed by atoms with Crippen LogP contribution in [0.25, 0.3) is 0 Å². The lowest BCUT2D eigenvalue weighted by Crippen LogP contribution is -2.28. The van der Waals surface area contributed by atoms with Crippen LogP contribution < -0.4 is 5.32 Å². The Morgan fingerprint density at radius 2 is 2.16 bits per heavy atom. The average molecular weight is 287 g/mol. The summed E-state index contributed by atoms with van der Waals surface area (Å²) < 4.78 is 28.9. The standard InChI is InChI=1S/C11H17N3O4S/c1-14(2)19(16,17)8-7-13-10-9(11(15)18-3)5-4-6-12-10/h4-6H,7-8H2,1-3H3,(H,12,13). The third-order valence-electron chi connectivity index (χ3n) is 2.42. The topological polar surface area (TPSA) is 88.6 Å². The number of nitrogens with one attached hydrogen (secondary N) is 1. The van der Waals surface area contributed by atoms with Crippen LogP contribution >= 0.6 is 0 Å². The zero-order valence-electron chi connectivity index (χ0n) is 11.1. The maximum absolute atomic E-state index is 11.6. The molecular formula is C11H17N3O4S. The fourth-order valence-corrected chi connectivity index (χ4v) is 2.03. The van der Waals surface area contributed by atoms with Crippen LogP contribution in [0.1, 0.15) is 10.4 Å². The molecule has 0 amide bonds. The van der Waals surface area contributed by atoms with E-state index in [1.165, 1.54) is 27.4 Å². The van der Waals surface area contributed by atoms with Gasteiger partial charge in [-0.1, -0.05) is 0 Å². The molecular weight excluding hydrogens is 270 g/mol. The Labute approximate surface area is 112 Å². The van der Waals surface area contributed by atoms with E-state index in [1.807, 2.05) is 0 Å². The van der Waals surface area contributed by atoms with Gasteiger partial charge in [0.1, 0.15) is 11.4 Å². The van der Waals surface area contributed by atoms with Gasteiger partial charge in [-0.05, 0) is 12.1 Å². The summed E-state index contributed by atoms with van der Waals surface area (Å²) in [7, 11) is 0.930. The van der Waals surface area contributed by atoms with Crippen molar-refractivity contribution in [3.8, 4) is 0 Å². The third-order valence-corrected chi connectivity index (χ3v) is 4.25. The molecule has 7 nitrogen and oxygen atoms in total. The van der Waals surface area contributed by atoms with Crippen molar-refractivity contribution < 1.29 is 17.9 Å². The molecule has 1 aromatic heterocycles. The zero-order chi connectivity index (χ0) is 14.5.